The summed E-state index contributed by atoms with van der Waals surface area (Å²) in [4.78, 5) is 35.8. The number of aryl methyl sites for hydroxylation is 1. The molecule has 28 heavy (non-hydrogen) atoms. The van der Waals surface area contributed by atoms with Gasteiger partial charge < -0.3 is 19.5 Å². The van der Waals surface area contributed by atoms with Gasteiger partial charge in [0.05, 0.1) is 18.6 Å². The van der Waals surface area contributed by atoms with E-state index in [0.29, 0.717) is 31.1 Å². The van der Waals surface area contributed by atoms with E-state index in [0.717, 1.165) is 18.7 Å². The molecular formula is C20H25N5O3. The van der Waals surface area contributed by atoms with E-state index < -0.39 is 0 Å². The summed E-state index contributed by atoms with van der Waals surface area (Å²) in [5, 5.41) is 3.15. The van der Waals surface area contributed by atoms with Crippen LogP contribution in [-0.4, -0.2) is 57.0 Å². The third kappa shape index (κ3) is 3.72. The maximum absolute atomic E-state index is 13.1. The molecule has 4 rings (SSSR count). The van der Waals surface area contributed by atoms with E-state index in [1.807, 2.05) is 24.7 Å². The van der Waals surface area contributed by atoms with Gasteiger partial charge in [-0.05, 0) is 25.8 Å². The molecule has 1 aliphatic carbocycles. The molecular weight excluding hydrogens is 358 g/mol. The first-order valence-corrected chi connectivity index (χ1v) is 9.72. The summed E-state index contributed by atoms with van der Waals surface area (Å²) in [5.41, 5.74) is 0.534. The maximum atomic E-state index is 13.1. The summed E-state index contributed by atoms with van der Waals surface area (Å²) < 4.78 is 7.36. The number of carbonyl (C=O) groups excluding carboxylic acids is 2. The minimum Gasteiger partial charge on any atom is -0.478 e. The highest BCUT2D eigenvalue weighted by Crippen LogP contribution is 2.32. The lowest BCUT2D eigenvalue weighted by Gasteiger charge is -2.19. The van der Waals surface area contributed by atoms with Crippen molar-refractivity contribution in [1.29, 1.82) is 0 Å². The smallest absolute Gasteiger partial charge is 0.254 e. The Morgan fingerprint density at radius 3 is 2.75 bits per heavy atom. The second-order valence-corrected chi connectivity index (χ2v) is 7.42. The van der Waals surface area contributed by atoms with E-state index in [-0.39, 0.29) is 29.7 Å². The van der Waals surface area contributed by atoms with Gasteiger partial charge in [-0.25, -0.2) is 9.97 Å². The number of amides is 2. The number of nitrogens with zero attached hydrogens (tertiary/aromatic N) is 4. The molecule has 2 aromatic rings. The Bertz CT molecular complexity index is 876. The Morgan fingerprint density at radius 2 is 2.07 bits per heavy atom. The average Bonchev–Trinajstić information content (AvgIpc) is 3.34. The van der Waals surface area contributed by atoms with Gasteiger partial charge in [-0.15, -0.1) is 0 Å². The van der Waals surface area contributed by atoms with Crippen molar-refractivity contribution < 1.29 is 14.3 Å². The third-order valence-corrected chi connectivity index (χ3v) is 5.35. The van der Waals surface area contributed by atoms with Crippen molar-refractivity contribution in [2.24, 2.45) is 13.0 Å². The van der Waals surface area contributed by atoms with Gasteiger partial charge in [0, 0.05) is 56.3 Å². The number of hydrogen-bond acceptors (Lipinski definition) is 5. The van der Waals surface area contributed by atoms with Crippen LogP contribution in [0.25, 0.3) is 0 Å². The molecule has 148 valence electrons. The van der Waals surface area contributed by atoms with Crippen molar-refractivity contribution in [2.75, 3.05) is 19.7 Å². The van der Waals surface area contributed by atoms with Crippen LogP contribution in [0.3, 0.4) is 0 Å². The molecule has 2 aromatic heterocycles. The Balaban J connectivity index is 1.54. The topological polar surface area (TPSA) is 89.4 Å². The molecule has 1 N–H and O–H groups in total. The summed E-state index contributed by atoms with van der Waals surface area (Å²) in [5.74, 6) is 1.39. The number of carbonyl (C=O) groups is 2. The lowest BCUT2D eigenvalue weighted by molar-refractivity contribution is -0.123. The van der Waals surface area contributed by atoms with Crippen LogP contribution in [-0.2, 0) is 11.8 Å². The quantitative estimate of drug-likeness (QED) is 0.813. The monoisotopic (exact) mass is 383 g/mol. The summed E-state index contributed by atoms with van der Waals surface area (Å²) in [7, 11) is 1.93. The first-order valence-electron chi connectivity index (χ1n) is 9.72. The van der Waals surface area contributed by atoms with Crippen LogP contribution in [0.15, 0.2) is 30.7 Å². The second-order valence-electron chi connectivity index (χ2n) is 7.42. The van der Waals surface area contributed by atoms with E-state index in [4.69, 9.17) is 4.74 Å². The Hall–Kier alpha value is -2.90. The molecule has 1 saturated heterocycles. The van der Waals surface area contributed by atoms with E-state index in [1.165, 1.54) is 0 Å². The predicted molar refractivity (Wildman–Crippen MR) is 102 cm³/mol. The van der Waals surface area contributed by atoms with Gasteiger partial charge in [-0.3, -0.25) is 9.59 Å². The van der Waals surface area contributed by atoms with Gasteiger partial charge in [0.1, 0.15) is 5.82 Å². The molecule has 8 nitrogen and oxygen atoms in total. The van der Waals surface area contributed by atoms with Crippen LogP contribution in [0, 0.1) is 5.92 Å². The highest BCUT2D eigenvalue weighted by atomic mass is 16.5. The van der Waals surface area contributed by atoms with Crippen LogP contribution in [0.2, 0.25) is 0 Å². The first kappa shape index (κ1) is 18.5. The maximum Gasteiger partial charge on any atom is 0.254 e. The SMILES string of the molecule is CCOc1cc(C(=O)N2C[C@@H](NC(=O)C3CC3)[C@H](c3nccn3C)C2)ccn1. The van der Waals surface area contributed by atoms with E-state index >= 15 is 0 Å². The number of imidazole rings is 1. The van der Waals surface area contributed by atoms with Crippen LogP contribution in [0.4, 0.5) is 0 Å². The van der Waals surface area contributed by atoms with Crippen LogP contribution in [0.5, 0.6) is 5.88 Å². The van der Waals surface area contributed by atoms with Crippen molar-refractivity contribution in [3.05, 3.63) is 42.1 Å². The number of likely N-dealkylation sites (tertiary alicyclic amines) is 1. The highest BCUT2D eigenvalue weighted by molar-refractivity contribution is 5.94. The molecule has 2 fully saturated rings. The number of hydrogen-bond donors (Lipinski definition) is 1. The van der Waals surface area contributed by atoms with Crippen molar-refractivity contribution in [1.82, 2.24) is 24.8 Å². The number of nitrogens with one attached hydrogen (secondary N) is 1. The number of ether oxygens (including phenoxy) is 1. The highest BCUT2D eigenvalue weighted by Gasteiger charge is 2.41. The van der Waals surface area contributed by atoms with E-state index in [9.17, 15) is 9.59 Å². The second kappa shape index (κ2) is 7.61. The van der Waals surface area contributed by atoms with Crippen molar-refractivity contribution in [3.63, 3.8) is 0 Å². The van der Waals surface area contributed by atoms with Crippen LogP contribution < -0.4 is 10.1 Å². The molecule has 0 spiro atoms. The molecule has 0 unspecified atom stereocenters. The molecule has 1 saturated carbocycles. The summed E-state index contributed by atoms with van der Waals surface area (Å²) in [6, 6.07) is 3.21. The van der Waals surface area contributed by atoms with Crippen LogP contribution >= 0.6 is 0 Å². The number of pyridine rings is 1. The van der Waals surface area contributed by atoms with Gasteiger partial charge in [-0.1, -0.05) is 0 Å². The Kier molecular flexibility index (Phi) is 5.02. The zero-order valence-corrected chi connectivity index (χ0v) is 16.2. The third-order valence-electron chi connectivity index (χ3n) is 5.35. The standard InChI is InChI=1S/C20H25N5O3/c1-3-28-17-10-14(6-7-21-17)20(27)25-11-15(18-22-8-9-24(18)2)16(12-25)23-19(26)13-4-5-13/h6-10,13,15-16H,3-5,11-12H2,1-2H3,(H,23,26)/t15-,16-/m1/s1. The van der Waals surface area contributed by atoms with Crippen molar-refractivity contribution in [3.8, 4) is 5.88 Å². The number of rotatable bonds is 6. The minimum atomic E-state index is -0.147. The fourth-order valence-electron chi connectivity index (χ4n) is 3.71. The average molecular weight is 383 g/mol. The van der Waals surface area contributed by atoms with E-state index in [2.05, 4.69) is 15.3 Å². The zero-order valence-electron chi connectivity index (χ0n) is 16.2. The summed E-state index contributed by atoms with van der Waals surface area (Å²) >= 11 is 0. The van der Waals surface area contributed by atoms with Gasteiger partial charge in [-0.2, -0.15) is 0 Å². The Morgan fingerprint density at radius 1 is 1.25 bits per heavy atom. The molecule has 0 aromatic carbocycles. The van der Waals surface area contributed by atoms with Crippen molar-refractivity contribution >= 4 is 11.8 Å². The summed E-state index contributed by atoms with van der Waals surface area (Å²) in [6.07, 6.45) is 7.11. The molecule has 0 radical (unpaired) electrons. The Labute approximate surface area is 163 Å². The molecule has 1 aliphatic heterocycles. The van der Waals surface area contributed by atoms with Gasteiger partial charge in [0.25, 0.3) is 5.91 Å². The van der Waals surface area contributed by atoms with E-state index in [1.54, 1.807) is 29.4 Å². The zero-order chi connectivity index (χ0) is 19.7. The normalized spacial score (nSPS) is 21.6. The lowest BCUT2D eigenvalue weighted by Crippen LogP contribution is -2.41. The first-order chi connectivity index (χ1) is 13.6. The lowest BCUT2D eigenvalue weighted by atomic mass is 10.0. The minimum absolute atomic E-state index is 0.0418. The van der Waals surface area contributed by atoms with Crippen LogP contribution in [0.1, 0.15) is 41.9 Å². The van der Waals surface area contributed by atoms with Crippen molar-refractivity contribution in [2.45, 2.75) is 31.7 Å². The van der Waals surface area contributed by atoms with Gasteiger partial charge in [0.2, 0.25) is 11.8 Å². The fourth-order valence-corrected chi connectivity index (χ4v) is 3.71. The predicted octanol–water partition coefficient (Wildman–Crippen LogP) is 1.35. The molecule has 2 amide bonds. The van der Waals surface area contributed by atoms with Gasteiger partial charge in [0.15, 0.2) is 0 Å². The molecule has 3 heterocycles. The molecule has 8 heteroatoms. The van der Waals surface area contributed by atoms with Gasteiger partial charge >= 0.3 is 0 Å². The summed E-state index contributed by atoms with van der Waals surface area (Å²) in [6.45, 7) is 3.33. The fraction of sp³-hybridized carbons (Fsp3) is 0.500. The molecule has 2 atom stereocenters. The molecule has 0 bridgehead atoms. The largest absolute Gasteiger partial charge is 0.478 e. The number of aromatic nitrogens is 3. The molecule has 2 aliphatic rings.